The first-order valence-electron chi connectivity index (χ1n) is 5.74. The summed E-state index contributed by atoms with van der Waals surface area (Å²) in [5.41, 5.74) is 1.37. The fourth-order valence-electron chi connectivity index (χ4n) is 2.30. The van der Waals surface area contributed by atoms with Crippen LogP contribution in [-0.2, 0) is 4.74 Å². The van der Waals surface area contributed by atoms with Crippen molar-refractivity contribution >= 4 is 11.8 Å². The molecule has 0 aliphatic carbocycles. The number of hydrogen-bond donors (Lipinski definition) is 1. The fourth-order valence-corrected chi connectivity index (χ4v) is 2.71. The van der Waals surface area contributed by atoms with Gasteiger partial charge in [0.05, 0.1) is 6.61 Å². The van der Waals surface area contributed by atoms with Gasteiger partial charge in [-0.1, -0.05) is 12.1 Å². The van der Waals surface area contributed by atoms with Crippen molar-refractivity contribution in [1.29, 1.82) is 0 Å². The standard InChI is InChI=1S/C13H19NOS/c1-14-13(11-7-8-15-9-11)10-3-5-12(16-2)6-4-10/h3-6,11,13-14H,7-9H2,1-2H3. The number of benzene rings is 1. The molecule has 1 aliphatic heterocycles. The van der Waals surface area contributed by atoms with Crippen LogP contribution in [0, 0.1) is 5.92 Å². The topological polar surface area (TPSA) is 21.3 Å². The van der Waals surface area contributed by atoms with Crippen LogP contribution in [-0.4, -0.2) is 26.5 Å². The normalized spacial score (nSPS) is 22.2. The average Bonchev–Trinajstić information content (AvgIpc) is 2.85. The van der Waals surface area contributed by atoms with Gasteiger partial charge in [-0.15, -0.1) is 11.8 Å². The highest BCUT2D eigenvalue weighted by Crippen LogP contribution is 2.29. The van der Waals surface area contributed by atoms with Gasteiger partial charge in [-0.2, -0.15) is 0 Å². The summed E-state index contributed by atoms with van der Waals surface area (Å²) >= 11 is 1.78. The second-order valence-corrected chi connectivity index (χ2v) is 5.04. The van der Waals surface area contributed by atoms with E-state index in [0.717, 1.165) is 19.6 Å². The minimum atomic E-state index is 0.429. The van der Waals surface area contributed by atoms with E-state index in [1.165, 1.54) is 10.5 Å². The van der Waals surface area contributed by atoms with E-state index in [-0.39, 0.29) is 0 Å². The Morgan fingerprint density at radius 3 is 2.62 bits per heavy atom. The van der Waals surface area contributed by atoms with Crippen LogP contribution in [0.5, 0.6) is 0 Å². The highest BCUT2D eigenvalue weighted by molar-refractivity contribution is 7.98. The Morgan fingerprint density at radius 2 is 2.12 bits per heavy atom. The zero-order chi connectivity index (χ0) is 11.4. The van der Waals surface area contributed by atoms with E-state index in [1.54, 1.807) is 11.8 Å². The van der Waals surface area contributed by atoms with Gasteiger partial charge in [0.2, 0.25) is 0 Å². The van der Waals surface area contributed by atoms with Gasteiger partial charge < -0.3 is 10.1 Å². The van der Waals surface area contributed by atoms with Crippen molar-refractivity contribution in [3.05, 3.63) is 29.8 Å². The molecule has 0 radical (unpaired) electrons. The maximum Gasteiger partial charge on any atom is 0.0513 e. The lowest BCUT2D eigenvalue weighted by molar-refractivity contribution is 0.178. The first kappa shape index (κ1) is 12.0. The second kappa shape index (κ2) is 5.71. The molecule has 16 heavy (non-hydrogen) atoms. The molecular formula is C13H19NOS. The molecule has 2 nitrogen and oxygen atoms in total. The van der Waals surface area contributed by atoms with Crippen LogP contribution in [0.4, 0.5) is 0 Å². The van der Waals surface area contributed by atoms with Gasteiger partial charge >= 0.3 is 0 Å². The quantitative estimate of drug-likeness (QED) is 0.814. The van der Waals surface area contributed by atoms with Crippen molar-refractivity contribution < 1.29 is 4.74 Å². The summed E-state index contributed by atoms with van der Waals surface area (Å²) in [6.07, 6.45) is 3.27. The minimum absolute atomic E-state index is 0.429. The van der Waals surface area contributed by atoms with Crippen molar-refractivity contribution in [3.63, 3.8) is 0 Å². The molecular weight excluding hydrogens is 218 g/mol. The third-order valence-electron chi connectivity index (χ3n) is 3.22. The Bertz CT molecular complexity index is 319. The van der Waals surface area contributed by atoms with Crippen LogP contribution in [0.25, 0.3) is 0 Å². The molecule has 2 rings (SSSR count). The Labute approximate surface area is 102 Å². The lowest BCUT2D eigenvalue weighted by Crippen LogP contribution is -2.25. The van der Waals surface area contributed by atoms with Gasteiger partial charge in [0.1, 0.15) is 0 Å². The molecule has 1 fully saturated rings. The monoisotopic (exact) mass is 237 g/mol. The molecule has 3 heteroatoms. The van der Waals surface area contributed by atoms with E-state index < -0.39 is 0 Å². The van der Waals surface area contributed by atoms with E-state index in [4.69, 9.17) is 4.74 Å². The third-order valence-corrected chi connectivity index (χ3v) is 3.97. The SMILES string of the molecule is CNC(c1ccc(SC)cc1)C1CCOC1. The summed E-state index contributed by atoms with van der Waals surface area (Å²) in [4.78, 5) is 1.32. The van der Waals surface area contributed by atoms with Crippen LogP contribution >= 0.6 is 11.8 Å². The number of thioether (sulfide) groups is 1. The molecule has 2 unspecified atom stereocenters. The number of hydrogen-bond acceptors (Lipinski definition) is 3. The first-order chi connectivity index (χ1) is 7.85. The van der Waals surface area contributed by atoms with Crippen LogP contribution in [0.3, 0.4) is 0 Å². The molecule has 0 saturated carbocycles. The van der Waals surface area contributed by atoms with E-state index in [0.29, 0.717) is 12.0 Å². The summed E-state index contributed by atoms with van der Waals surface area (Å²) in [6.45, 7) is 1.79. The summed E-state index contributed by atoms with van der Waals surface area (Å²) in [5.74, 6) is 0.616. The fraction of sp³-hybridized carbons (Fsp3) is 0.538. The van der Waals surface area contributed by atoms with E-state index >= 15 is 0 Å². The zero-order valence-electron chi connectivity index (χ0n) is 9.90. The Morgan fingerprint density at radius 1 is 1.38 bits per heavy atom. The molecule has 0 bridgehead atoms. The van der Waals surface area contributed by atoms with Crippen molar-refractivity contribution in [2.45, 2.75) is 17.4 Å². The minimum Gasteiger partial charge on any atom is -0.381 e. The van der Waals surface area contributed by atoms with Gasteiger partial charge in [0, 0.05) is 23.5 Å². The smallest absolute Gasteiger partial charge is 0.0513 e. The van der Waals surface area contributed by atoms with Crippen molar-refractivity contribution in [2.24, 2.45) is 5.92 Å². The summed E-state index contributed by atoms with van der Waals surface area (Å²) < 4.78 is 5.46. The molecule has 1 aliphatic rings. The highest BCUT2D eigenvalue weighted by Gasteiger charge is 2.25. The third kappa shape index (κ3) is 2.59. The lowest BCUT2D eigenvalue weighted by Gasteiger charge is -2.22. The van der Waals surface area contributed by atoms with E-state index in [9.17, 15) is 0 Å². The van der Waals surface area contributed by atoms with Crippen molar-refractivity contribution in [2.75, 3.05) is 26.5 Å². The van der Waals surface area contributed by atoms with E-state index in [1.807, 2.05) is 7.05 Å². The molecule has 1 N–H and O–H groups in total. The van der Waals surface area contributed by atoms with Crippen LogP contribution in [0.15, 0.2) is 29.2 Å². The number of ether oxygens (including phenoxy) is 1. The predicted molar refractivity (Wildman–Crippen MR) is 68.9 cm³/mol. The van der Waals surface area contributed by atoms with Gasteiger partial charge in [-0.05, 0) is 37.4 Å². The van der Waals surface area contributed by atoms with Gasteiger partial charge in [-0.25, -0.2) is 0 Å². The van der Waals surface area contributed by atoms with Gasteiger partial charge in [0.15, 0.2) is 0 Å². The van der Waals surface area contributed by atoms with Crippen molar-refractivity contribution in [1.82, 2.24) is 5.32 Å². The largest absolute Gasteiger partial charge is 0.381 e. The molecule has 1 heterocycles. The maximum atomic E-state index is 5.46. The number of nitrogens with one attached hydrogen (secondary N) is 1. The maximum absolute atomic E-state index is 5.46. The molecule has 1 saturated heterocycles. The molecule has 0 spiro atoms. The summed E-state index contributed by atoms with van der Waals surface area (Å²) in [7, 11) is 2.03. The van der Waals surface area contributed by atoms with E-state index in [2.05, 4.69) is 35.8 Å². The number of rotatable bonds is 4. The zero-order valence-corrected chi connectivity index (χ0v) is 10.7. The summed E-state index contributed by atoms with van der Waals surface area (Å²) in [6, 6.07) is 9.27. The van der Waals surface area contributed by atoms with Crippen LogP contribution in [0.2, 0.25) is 0 Å². The summed E-state index contributed by atoms with van der Waals surface area (Å²) in [5, 5.41) is 3.41. The van der Waals surface area contributed by atoms with Gasteiger partial charge in [0.25, 0.3) is 0 Å². The Kier molecular flexibility index (Phi) is 4.27. The second-order valence-electron chi connectivity index (χ2n) is 4.16. The van der Waals surface area contributed by atoms with Gasteiger partial charge in [-0.3, -0.25) is 0 Å². The molecule has 0 aromatic heterocycles. The molecule has 88 valence electrons. The Balaban J connectivity index is 2.12. The van der Waals surface area contributed by atoms with Crippen molar-refractivity contribution in [3.8, 4) is 0 Å². The molecule has 1 aromatic rings. The highest BCUT2D eigenvalue weighted by atomic mass is 32.2. The molecule has 0 amide bonds. The van der Waals surface area contributed by atoms with Crippen LogP contribution < -0.4 is 5.32 Å². The van der Waals surface area contributed by atoms with Crippen LogP contribution in [0.1, 0.15) is 18.0 Å². The molecule has 1 aromatic carbocycles. The first-order valence-corrected chi connectivity index (χ1v) is 6.96. The Hall–Kier alpha value is -0.510. The predicted octanol–water partition coefficient (Wildman–Crippen LogP) is 2.71. The average molecular weight is 237 g/mol. The molecule has 2 atom stereocenters. The lowest BCUT2D eigenvalue weighted by atomic mass is 9.92.